The lowest BCUT2D eigenvalue weighted by Gasteiger charge is -2.36. The van der Waals surface area contributed by atoms with E-state index < -0.39 is 11.9 Å². The number of hydrogen-bond donors (Lipinski definition) is 0. The fraction of sp³-hybridized carbons (Fsp3) is 0.231. The van der Waals surface area contributed by atoms with Crippen LogP contribution in [-0.4, -0.2) is 49.6 Å². The topological polar surface area (TPSA) is 59.1 Å². The molecule has 0 saturated carbocycles. The van der Waals surface area contributed by atoms with Crippen molar-refractivity contribution < 1.29 is 23.5 Å². The highest BCUT2D eigenvalue weighted by atomic mass is 19.1. The molecule has 1 saturated heterocycles. The number of benzene rings is 3. The molecule has 33 heavy (non-hydrogen) atoms. The van der Waals surface area contributed by atoms with Crippen molar-refractivity contribution in [2.75, 3.05) is 37.7 Å². The van der Waals surface area contributed by atoms with E-state index in [1.807, 2.05) is 53.4 Å². The molecule has 3 aromatic rings. The van der Waals surface area contributed by atoms with E-state index in [2.05, 4.69) is 0 Å². The maximum Gasteiger partial charge on any atom is 0.318 e. The number of hydrogen-bond acceptors (Lipinski definition) is 5. The predicted octanol–water partition coefficient (Wildman–Crippen LogP) is 3.96. The second kappa shape index (κ2) is 8.94. The van der Waals surface area contributed by atoms with Gasteiger partial charge >= 0.3 is 5.97 Å². The molecule has 0 aromatic heterocycles. The van der Waals surface area contributed by atoms with Gasteiger partial charge in [0, 0.05) is 37.3 Å². The van der Waals surface area contributed by atoms with Crippen LogP contribution in [0.5, 0.6) is 11.5 Å². The highest BCUT2D eigenvalue weighted by Gasteiger charge is 2.34. The van der Waals surface area contributed by atoms with Gasteiger partial charge in [-0.3, -0.25) is 9.59 Å². The first-order valence-electron chi connectivity index (χ1n) is 10.9. The quantitative estimate of drug-likeness (QED) is 0.568. The summed E-state index contributed by atoms with van der Waals surface area (Å²) in [4.78, 5) is 29.4. The summed E-state index contributed by atoms with van der Waals surface area (Å²) in [6.45, 7) is 1.57. The van der Waals surface area contributed by atoms with Crippen molar-refractivity contribution in [1.29, 1.82) is 0 Å². The Morgan fingerprint density at radius 2 is 1.42 bits per heavy atom. The maximum atomic E-state index is 14.0. The largest absolute Gasteiger partial charge is 0.457 e. The summed E-state index contributed by atoms with van der Waals surface area (Å²) in [5.41, 5.74) is 1.96. The summed E-state index contributed by atoms with van der Waals surface area (Å²) < 4.78 is 25.4. The Labute approximate surface area is 191 Å². The molecule has 0 bridgehead atoms. The average molecular weight is 446 g/mol. The van der Waals surface area contributed by atoms with Crippen molar-refractivity contribution in [3.63, 3.8) is 0 Å². The molecule has 3 aromatic carbocycles. The molecule has 5 rings (SSSR count). The number of carbonyl (C=O) groups excluding carboxylic acids is 2. The molecular weight excluding hydrogens is 423 g/mol. The van der Waals surface area contributed by atoms with E-state index in [1.54, 1.807) is 23.1 Å². The average Bonchev–Trinajstić information content (AvgIpc) is 2.86. The minimum atomic E-state index is -0.656. The van der Waals surface area contributed by atoms with Crippen molar-refractivity contribution in [3.8, 4) is 11.5 Å². The lowest BCUT2D eigenvalue weighted by Crippen LogP contribution is -2.50. The number of para-hydroxylation sites is 3. The van der Waals surface area contributed by atoms with Gasteiger partial charge in [0.15, 0.2) is 6.61 Å². The molecule has 6 nitrogen and oxygen atoms in total. The number of carbonyl (C=O) groups is 2. The van der Waals surface area contributed by atoms with E-state index in [0.717, 1.165) is 0 Å². The van der Waals surface area contributed by atoms with E-state index in [-0.39, 0.29) is 18.3 Å². The molecule has 0 N–H and O–H groups in total. The zero-order chi connectivity index (χ0) is 22.8. The molecule has 7 heteroatoms. The van der Waals surface area contributed by atoms with Gasteiger partial charge in [0.05, 0.1) is 5.69 Å². The molecule has 0 unspecified atom stereocenters. The second-order valence-electron chi connectivity index (χ2n) is 8.04. The van der Waals surface area contributed by atoms with Crippen molar-refractivity contribution >= 4 is 17.6 Å². The number of fused-ring (bicyclic) bond motifs is 2. The number of esters is 1. The van der Waals surface area contributed by atoms with Crippen LogP contribution in [0.4, 0.5) is 10.1 Å². The Morgan fingerprint density at radius 3 is 2.06 bits per heavy atom. The van der Waals surface area contributed by atoms with Crippen molar-refractivity contribution in [2.45, 2.75) is 5.92 Å². The molecule has 1 fully saturated rings. The van der Waals surface area contributed by atoms with E-state index in [1.165, 1.54) is 6.07 Å². The van der Waals surface area contributed by atoms with Crippen LogP contribution in [-0.2, 0) is 14.3 Å². The molecular formula is C26H23FN2O4. The standard InChI is InChI=1S/C26H23FN2O4/c27-20-9-3-4-10-21(20)28-13-15-29(16-14-28)24(30)17-32-26(31)25-18-7-1-5-11-22(18)33-23-12-6-2-8-19(23)25/h1-12,25H,13-17H2. The van der Waals surface area contributed by atoms with Crippen LogP contribution in [0.3, 0.4) is 0 Å². The first-order valence-corrected chi connectivity index (χ1v) is 10.9. The van der Waals surface area contributed by atoms with Gasteiger partial charge in [0.2, 0.25) is 0 Å². The Balaban J connectivity index is 1.22. The Kier molecular flexibility index (Phi) is 5.69. The number of nitrogens with zero attached hydrogens (tertiary/aromatic N) is 2. The van der Waals surface area contributed by atoms with Gasteiger partial charge in [-0.1, -0.05) is 48.5 Å². The number of piperazine rings is 1. The summed E-state index contributed by atoms with van der Waals surface area (Å²) in [5.74, 6) is -0.468. The number of ether oxygens (including phenoxy) is 2. The van der Waals surface area contributed by atoms with Crippen LogP contribution in [0.25, 0.3) is 0 Å². The zero-order valence-corrected chi connectivity index (χ0v) is 17.9. The molecule has 0 spiro atoms. The second-order valence-corrected chi connectivity index (χ2v) is 8.04. The number of halogens is 1. The van der Waals surface area contributed by atoms with E-state index in [9.17, 15) is 14.0 Å². The summed E-state index contributed by atoms with van der Waals surface area (Å²) in [6, 6.07) is 21.3. The van der Waals surface area contributed by atoms with Gasteiger partial charge in [0.1, 0.15) is 23.2 Å². The fourth-order valence-corrected chi connectivity index (χ4v) is 4.38. The monoisotopic (exact) mass is 446 g/mol. The van der Waals surface area contributed by atoms with Crippen LogP contribution in [0.15, 0.2) is 72.8 Å². The highest BCUT2D eigenvalue weighted by Crippen LogP contribution is 2.44. The first kappa shape index (κ1) is 21.0. The van der Waals surface area contributed by atoms with Crippen LogP contribution in [0.2, 0.25) is 0 Å². The van der Waals surface area contributed by atoms with Gasteiger partial charge in [0.25, 0.3) is 5.91 Å². The number of anilines is 1. The van der Waals surface area contributed by atoms with Gasteiger partial charge < -0.3 is 19.3 Å². The molecule has 0 atom stereocenters. The van der Waals surface area contributed by atoms with E-state index >= 15 is 0 Å². The highest BCUT2D eigenvalue weighted by molar-refractivity contribution is 5.88. The fourth-order valence-electron chi connectivity index (χ4n) is 4.38. The van der Waals surface area contributed by atoms with Gasteiger partial charge in [-0.2, -0.15) is 0 Å². The number of rotatable bonds is 4. The normalized spacial score (nSPS) is 15.3. The van der Waals surface area contributed by atoms with E-state index in [0.29, 0.717) is 54.5 Å². The Morgan fingerprint density at radius 1 is 0.848 bits per heavy atom. The van der Waals surface area contributed by atoms with Crippen LogP contribution < -0.4 is 9.64 Å². The first-order chi connectivity index (χ1) is 16.1. The van der Waals surface area contributed by atoms with Gasteiger partial charge in [-0.15, -0.1) is 0 Å². The van der Waals surface area contributed by atoms with Crippen LogP contribution >= 0.6 is 0 Å². The molecule has 0 aliphatic carbocycles. The SMILES string of the molecule is O=C(OCC(=O)N1CCN(c2ccccc2F)CC1)C1c2ccccc2Oc2ccccc21. The molecule has 2 aliphatic rings. The molecule has 2 aliphatic heterocycles. The Bertz CT molecular complexity index is 1140. The lowest BCUT2D eigenvalue weighted by atomic mass is 9.88. The molecule has 168 valence electrons. The predicted molar refractivity (Wildman–Crippen MR) is 121 cm³/mol. The summed E-state index contributed by atoms with van der Waals surface area (Å²) in [6.07, 6.45) is 0. The minimum Gasteiger partial charge on any atom is -0.457 e. The molecule has 2 heterocycles. The summed E-state index contributed by atoms with van der Waals surface area (Å²) in [5, 5.41) is 0. The van der Waals surface area contributed by atoms with Crippen molar-refractivity contribution in [2.24, 2.45) is 0 Å². The Hall–Kier alpha value is -3.87. The third-order valence-electron chi connectivity index (χ3n) is 6.08. The number of amides is 1. The molecule has 1 amide bonds. The summed E-state index contributed by atoms with van der Waals surface area (Å²) in [7, 11) is 0. The smallest absolute Gasteiger partial charge is 0.318 e. The summed E-state index contributed by atoms with van der Waals surface area (Å²) >= 11 is 0. The van der Waals surface area contributed by atoms with Gasteiger partial charge in [-0.25, -0.2) is 4.39 Å². The van der Waals surface area contributed by atoms with Crippen molar-refractivity contribution in [1.82, 2.24) is 4.90 Å². The lowest BCUT2D eigenvalue weighted by molar-refractivity contribution is -0.152. The maximum absolute atomic E-state index is 14.0. The minimum absolute atomic E-state index is 0.259. The zero-order valence-electron chi connectivity index (χ0n) is 17.9. The van der Waals surface area contributed by atoms with Crippen LogP contribution in [0, 0.1) is 5.82 Å². The third kappa shape index (κ3) is 4.14. The molecule has 0 radical (unpaired) electrons. The van der Waals surface area contributed by atoms with Crippen molar-refractivity contribution in [3.05, 3.63) is 89.7 Å². The van der Waals surface area contributed by atoms with Crippen LogP contribution in [0.1, 0.15) is 17.0 Å². The third-order valence-corrected chi connectivity index (χ3v) is 6.08. The van der Waals surface area contributed by atoms with Gasteiger partial charge in [-0.05, 0) is 24.3 Å². The van der Waals surface area contributed by atoms with E-state index in [4.69, 9.17) is 9.47 Å².